The number of ketones is 1. The summed E-state index contributed by atoms with van der Waals surface area (Å²) in [5, 5.41) is 0. The third-order valence-corrected chi connectivity index (χ3v) is 5.36. The largest absolute Gasteiger partial charge is 0.459 e. The smallest absolute Gasteiger partial charge is 0.403 e. The zero-order valence-electron chi connectivity index (χ0n) is 15.1. The molecule has 4 heteroatoms. The first-order valence-electron chi connectivity index (χ1n) is 8.11. The lowest BCUT2D eigenvalue weighted by Gasteiger charge is -2.32. The summed E-state index contributed by atoms with van der Waals surface area (Å²) in [4.78, 5) is 13.0. The van der Waals surface area contributed by atoms with Crippen molar-refractivity contribution >= 4 is 12.9 Å². The molecule has 0 aliphatic carbocycles. The molecular formula is C19H27BO3. The van der Waals surface area contributed by atoms with Crippen LogP contribution < -0.4 is 0 Å². The topological polar surface area (TPSA) is 35.5 Å². The van der Waals surface area contributed by atoms with Gasteiger partial charge >= 0.3 is 7.12 Å². The molecule has 1 aromatic rings. The number of Topliss-reactive ketones (excluding diaryl/α,β-unsaturated/α-hetero) is 1. The number of carbonyl (C=O) groups excluding carboxylic acids is 1. The van der Waals surface area contributed by atoms with Crippen LogP contribution >= 0.6 is 0 Å². The van der Waals surface area contributed by atoms with Crippen molar-refractivity contribution in [2.75, 3.05) is 0 Å². The van der Waals surface area contributed by atoms with Gasteiger partial charge < -0.3 is 9.31 Å². The van der Waals surface area contributed by atoms with Crippen LogP contribution in [0.4, 0.5) is 0 Å². The van der Waals surface area contributed by atoms with E-state index in [1.54, 1.807) is 0 Å². The first kappa shape index (κ1) is 18.0. The summed E-state index contributed by atoms with van der Waals surface area (Å²) in [6.45, 7) is 15.9. The summed E-state index contributed by atoms with van der Waals surface area (Å²) in [5.74, 6) is 0.0558. The number of benzene rings is 1. The van der Waals surface area contributed by atoms with E-state index in [2.05, 4.69) is 6.58 Å². The van der Waals surface area contributed by atoms with Crippen LogP contribution in [0.15, 0.2) is 42.5 Å². The monoisotopic (exact) mass is 314 g/mol. The molecule has 1 unspecified atom stereocenters. The maximum absolute atomic E-state index is 13.0. The summed E-state index contributed by atoms with van der Waals surface area (Å²) in [5.41, 5.74) is -0.00864. The summed E-state index contributed by atoms with van der Waals surface area (Å²) >= 11 is 0. The minimum Gasteiger partial charge on any atom is -0.403 e. The van der Waals surface area contributed by atoms with Gasteiger partial charge in [0.05, 0.1) is 11.2 Å². The lowest BCUT2D eigenvalue weighted by Crippen LogP contribution is -2.41. The van der Waals surface area contributed by atoms with Crippen molar-refractivity contribution in [2.45, 2.75) is 59.1 Å². The van der Waals surface area contributed by atoms with Crippen LogP contribution in [0.25, 0.3) is 0 Å². The molecule has 124 valence electrons. The van der Waals surface area contributed by atoms with Crippen LogP contribution in [0, 0.1) is 5.41 Å². The van der Waals surface area contributed by atoms with E-state index in [-0.39, 0.29) is 5.78 Å². The molecule has 1 aromatic carbocycles. The van der Waals surface area contributed by atoms with Gasteiger partial charge in [0.25, 0.3) is 0 Å². The van der Waals surface area contributed by atoms with Crippen LogP contribution in [0.5, 0.6) is 0 Å². The molecule has 0 spiro atoms. The Labute approximate surface area is 140 Å². The van der Waals surface area contributed by atoms with Crippen molar-refractivity contribution in [1.82, 2.24) is 0 Å². The summed E-state index contributed by atoms with van der Waals surface area (Å²) < 4.78 is 12.2. The maximum atomic E-state index is 13.0. The fourth-order valence-corrected chi connectivity index (χ4v) is 2.75. The van der Waals surface area contributed by atoms with E-state index in [1.165, 1.54) is 0 Å². The third kappa shape index (κ3) is 3.29. The van der Waals surface area contributed by atoms with Gasteiger partial charge in [-0.3, -0.25) is 4.79 Å². The fraction of sp³-hybridized carbons (Fsp3) is 0.526. The number of rotatable bonds is 5. The van der Waals surface area contributed by atoms with Crippen LogP contribution in [-0.4, -0.2) is 24.1 Å². The standard InChI is InChI=1S/C19H27BO3/c1-14(2)19(7,16(21)15-11-9-8-10-12-15)13-20-22-17(3,4)18(5,6)23-20/h8-12H,1,13H2,2-7H3. The third-order valence-electron chi connectivity index (χ3n) is 5.36. The number of carbonyl (C=O) groups is 1. The van der Waals surface area contributed by atoms with Crippen LogP contribution in [0.3, 0.4) is 0 Å². The zero-order valence-corrected chi connectivity index (χ0v) is 15.1. The number of allylic oxidation sites excluding steroid dienone is 1. The highest BCUT2D eigenvalue weighted by atomic mass is 16.7. The average Bonchev–Trinajstić information content (AvgIpc) is 2.65. The van der Waals surface area contributed by atoms with Crippen molar-refractivity contribution in [3.8, 4) is 0 Å². The van der Waals surface area contributed by atoms with E-state index >= 15 is 0 Å². The Hall–Kier alpha value is -1.39. The molecule has 0 amide bonds. The van der Waals surface area contributed by atoms with E-state index < -0.39 is 23.7 Å². The van der Waals surface area contributed by atoms with Gasteiger partial charge in [-0.2, -0.15) is 0 Å². The van der Waals surface area contributed by atoms with Gasteiger partial charge in [0, 0.05) is 11.0 Å². The van der Waals surface area contributed by atoms with Crippen LogP contribution in [0.2, 0.25) is 6.32 Å². The van der Waals surface area contributed by atoms with Crippen molar-refractivity contribution in [1.29, 1.82) is 0 Å². The van der Waals surface area contributed by atoms with Crippen LogP contribution in [0.1, 0.15) is 51.9 Å². The summed E-state index contributed by atoms with van der Waals surface area (Å²) in [7, 11) is -0.422. The van der Waals surface area contributed by atoms with Crippen molar-refractivity contribution < 1.29 is 14.1 Å². The Morgan fingerprint density at radius 1 is 1.13 bits per heavy atom. The van der Waals surface area contributed by atoms with E-state index in [4.69, 9.17) is 9.31 Å². The van der Waals surface area contributed by atoms with E-state index in [9.17, 15) is 4.79 Å². The highest BCUT2D eigenvalue weighted by molar-refractivity contribution is 6.46. The number of hydrogen-bond acceptors (Lipinski definition) is 3. The van der Waals surface area contributed by atoms with Crippen molar-refractivity contribution in [3.63, 3.8) is 0 Å². The van der Waals surface area contributed by atoms with Gasteiger partial charge in [0.15, 0.2) is 5.78 Å². The molecule has 23 heavy (non-hydrogen) atoms. The van der Waals surface area contributed by atoms with E-state index in [0.29, 0.717) is 11.9 Å². The van der Waals surface area contributed by atoms with Gasteiger partial charge in [-0.1, -0.05) is 42.5 Å². The molecular weight excluding hydrogens is 287 g/mol. The first-order valence-corrected chi connectivity index (χ1v) is 8.11. The van der Waals surface area contributed by atoms with E-state index in [0.717, 1.165) is 5.57 Å². The minimum absolute atomic E-state index is 0.0558. The molecule has 1 aliphatic heterocycles. The molecule has 1 heterocycles. The fourth-order valence-electron chi connectivity index (χ4n) is 2.75. The molecule has 0 aromatic heterocycles. The van der Waals surface area contributed by atoms with Gasteiger partial charge in [-0.05, 0) is 47.9 Å². The van der Waals surface area contributed by atoms with E-state index in [1.807, 2.05) is 71.9 Å². The van der Waals surface area contributed by atoms with Crippen molar-refractivity contribution in [3.05, 3.63) is 48.0 Å². The molecule has 0 saturated carbocycles. The quantitative estimate of drug-likeness (QED) is 0.454. The molecule has 1 atom stereocenters. The first-order chi connectivity index (χ1) is 10.5. The Morgan fingerprint density at radius 3 is 2.04 bits per heavy atom. The van der Waals surface area contributed by atoms with Gasteiger partial charge in [-0.15, -0.1) is 0 Å². The zero-order chi connectivity index (χ0) is 17.5. The predicted octanol–water partition coefficient (Wildman–Crippen LogP) is 4.54. The Bertz CT molecular complexity index is 590. The molecule has 0 radical (unpaired) electrons. The highest BCUT2D eigenvalue weighted by Gasteiger charge is 2.53. The van der Waals surface area contributed by atoms with Crippen LogP contribution in [-0.2, 0) is 9.31 Å². The lowest BCUT2D eigenvalue weighted by molar-refractivity contribution is 0.00578. The second-order valence-corrected chi connectivity index (χ2v) is 7.70. The molecule has 1 saturated heterocycles. The summed E-state index contributed by atoms with van der Waals surface area (Å²) in [6, 6.07) is 9.34. The number of hydrogen-bond donors (Lipinski definition) is 0. The van der Waals surface area contributed by atoms with Gasteiger partial charge in [0.2, 0.25) is 0 Å². The second-order valence-electron chi connectivity index (χ2n) is 7.70. The summed E-state index contributed by atoms with van der Waals surface area (Å²) in [6.07, 6.45) is 0.461. The van der Waals surface area contributed by atoms with Gasteiger partial charge in [0.1, 0.15) is 0 Å². The van der Waals surface area contributed by atoms with Crippen molar-refractivity contribution in [2.24, 2.45) is 5.41 Å². The molecule has 0 bridgehead atoms. The lowest BCUT2D eigenvalue weighted by atomic mass is 9.62. The Morgan fingerprint density at radius 2 is 1.61 bits per heavy atom. The molecule has 2 rings (SSSR count). The predicted molar refractivity (Wildman–Crippen MR) is 94.6 cm³/mol. The highest BCUT2D eigenvalue weighted by Crippen LogP contribution is 2.43. The Balaban J connectivity index is 2.26. The Kier molecular flexibility index (Phi) is 4.62. The molecule has 3 nitrogen and oxygen atoms in total. The molecule has 0 N–H and O–H groups in total. The molecule has 1 aliphatic rings. The normalized spacial score (nSPS) is 21.7. The second kappa shape index (κ2) is 5.92. The SMILES string of the molecule is C=C(C)C(C)(CB1OC(C)(C)C(C)(C)O1)C(=O)c1ccccc1. The minimum atomic E-state index is -0.720. The molecule has 1 fully saturated rings. The maximum Gasteiger partial charge on any atom is 0.459 e. The average molecular weight is 314 g/mol. The van der Waals surface area contributed by atoms with Gasteiger partial charge in [-0.25, -0.2) is 0 Å².